The third-order valence-corrected chi connectivity index (χ3v) is 6.84. The first-order chi connectivity index (χ1) is 13.8. The van der Waals surface area contributed by atoms with E-state index in [1.807, 2.05) is 17.0 Å². The van der Waals surface area contributed by atoms with E-state index in [-0.39, 0.29) is 10.5 Å². The molecule has 0 atom stereocenters. The molecule has 7 nitrogen and oxygen atoms in total. The fourth-order valence-electron chi connectivity index (χ4n) is 2.43. The van der Waals surface area contributed by atoms with E-state index < -0.39 is 15.9 Å². The summed E-state index contributed by atoms with van der Waals surface area (Å²) < 4.78 is 23.7. The molecule has 0 fully saturated rings. The molecule has 11 heteroatoms. The van der Waals surface area contributed by atoms with Crippen molar-refractivity contribution in [1.29, 1.82) is 0 Å². The van der Waals surface area contributed by atoms with Gasteiger partial charge in [-0.05, 0) is 35.9 Å². The number of amides is 1. The quantitative estimate of drug-likeness (QED) is 0.504. The molecule has 2 aromatic carbocycles. The molecule has 0 saturated heterocycles. The summed E-state index contributed by atoms with van der Waals surface area (Å²) >= 11 is 13.5. The molecule has 0 aliphatic carbocycles. The highest BCUT2D eigenvalue weighted by molar-refractivity contribution is 7.89. The molecule has 0 radical (unpaired) electrons. The summed E-state index contributed by atoms with van der Waals surface area (Å²) in [5.74, 6) is -0.407. The largest absolute Gasteiger partial charge is 0.298 e. The molecule has 0 unspecified atom stereocenters. The average Bonchev–Trinajstić information content (AvgIpc) is 3.12. The fourth-order valence-corrected chi connectivity index (χ4v) is 4.46. The zero-order valence-corrected chi connectivity index (χ0v) is 18.1. The first-order valence-electron chi connectivity index (χ1n) is 8.14. The summed E-state index contributed by atoms with van der Waals surface area (Å²) in [5.41, 5.74) is 1.15. The molecular weight excluding hydrogens is 457 g/mol. The molecule has 1 heterocycles. The minimum atomic E-state index is -3.78. The van der Waals surface area contributed by atoms with Gasteiger partial charge in [-0.3, -0.25) is 14.9 Å². The minimum absolute atomic E-state index is 0.0224. The van der Waals surface area contributed by atoms with Crippen LogP contribution in [0.25, 0.3) is 0 Å². The lowest BCUT2D eigenvalue weighted by Crippen LogP contribution is -2.22. The van der Waals surface area contributed by atoms with Crippen molar-refractivity contribution in [2.45, 2.75) is 11.3 Å². The van der Waals surface area contributed by atoms with Crippen molar-refractivity contribution in [1.82, 2.24) is 9.87 Å². The molecular formula is C18H15Cl2N3O4S2. The maximum atomic E-state index is 12.4. The Balaban J connectivity index is 1.68. The number of carbonyl (C=O) groups excluding carboxylic acids is 1. The van der Waals surface area contributed by atoms with Crippen molar-refractivity contribution in [2.24, 2.45) is 0 Å². The fraction of sp³-hybridized carbons (Fsp3) is 0.111. The number of sulfonamides is 1. The maximum Gasteiger partial charge on any atom is 0.262 e. The number of thiazole rings is 1. The van der Waals surface area contributed by atoms with E-state index >= 15 is 0 Å². The van der Waals surface area contributed by atoms with Crippen LogP contribution in [0.1, 0.15) is 20.8 Å². The van der Waals surface area contributed by atoms with Gasteiger partial charge in [0.1, 0.15) is 0 Å². The van der Waals surface area contributed by atoms with Gasteiger partial charge in [0.25, 0.3) is 15.9 Å². The molecule has 0 aliphatic rings. The van der Waals surface area contributed by atoms with E-state index in [0.29, 0.717) is 21.6 Å². The topological polar surface area (TPSA) is 97.4 Å². The lowest BCUT2D eigenvalue weighted by Gasteiger charge is -2.06. The SMILES string of the molecule is CONS(=O)(=O)c1ccc(C(=O)Nc2ncc(Cc3cccc(Cl)c3Cl)s2)cc1. The van der Waals surface area contributed by atoms with Crippen molar-refractivity contribution < 1.29 is 18.0 Å². The van der Waals surface area contributed by atoms with Crippen LogP contribution in [0.4, 0.5) is 5.13 Å². The Morgan fingerprint density at radius 1 is 1.17 bits per heavy atom. The Kier molecular flexibility index (Phi) is 6.89. The molecule has 0 saturated carbocycles. The molecule has 0 spiro atoms. The number of anilines is 1. The first-order valence-corrected chi connectivity index (χ1v) is 11.2. The first kappa shape index (κ1) is 21.7. The maximum absolute atomic E-state index is 12.4. The number of carbonyl (C=O) groups is 1. The van der Waals surface area contributed by atoms with Crippen LogP contribution in [0, 0.1) is 0 Å². The number of halogens is 2. The van der Waals surface area contributed by atoms with E-state index in [1.165, 1.54) is 42.7 Å². The van der Waals surface area contributed by atoms with Gasteiger partial charge >= 0.3 is 0 Å². The third-order valence-electron chi connectivity index (χ3n) is 3.79. The second-order valence-electron chi connectivity index (χ2n) is 5.79. The Hall–Kier alpha value is -2.01. The second kappa shape index (κ2) is 9.21. The summed E-state index contributed by atoms with van der Waals surface area (Å²) in [6, 6.07) is 10.8. The average molecular weight is 472 g/mol. The van der Waals surface area contributed by atoms with Gasteiger partial charge < -0.3 is 0 Å². The van der Waals surface area contributed by atoms with Crippen LogP contribution >= 0.6 is 34.5 Å². The minimum Gasteiger partial charge on any atom is -0.298 e. The number of nitrogens with one attached hydrogen (secondary N) is 2. The predicted molar refractivity (Wildman–Crippen MR) is 113 cm³/mol. The van der Waals surface area contributed by atoms with E-state index in [0.717, 1.165) is 10.4 Å². The zero-order valence-electron chi connectivity index (χ0n) is 15.0. The monoisotopic (exact) mass is 471 g/mol. The zero-order chi connectivity index (χ0) is 21.0. The summed E-state index contributed by atoms with van der Waals surface area (Å²) in [6.45, 7) is 0. The standard InChI is InChI=1S/C18H15Cl2N3O4S2/c1-27-23-29(25,26)14-7-5-11(6-8-14)17(24)22-18-21-10-13(28-18)9-12-3-2-4-15(19)16(12)20/h2-8,10,23H,9H2,1H3,(H,21,22,24). The number of aromatic nitrogens is 1. The van der Waals surface area contributed by atoms with Gasteiger partial charge in [0.15, 0.2) is 5.13 Å². The molecule has 1 amide bonds. The number of hydrogen-bond acceptors (Lipinski definition) is 6. The van der Waals surface area contributed by atoms with Crippen LogP contribution in [0.15, 0.2) is 53.6 Å². The van der Waals surface area contributed by atoms with Crippen LogP contribution in [0.2, 0.25) is 10.0 Å². The van der Waals surface area contributed by atoms with E-state index in [4.69, 9.17) is 23.2 Å². The Labute approximate surface area is 181 Å². The molecule has 0 bridgehead atoms. The van der Waals surface area contributed by atoms with Crippen LogP contribution in [-0.4, -0.2) is 26.4 Å². The van der Waals surface area contributed by atoms with E-state index in [9.17, 15) is 13.2 Å². The lowest BCUT2D eigenvalue weighted by molar-refractivity contribution is 0.102. The van der Waals surface area contributed by atoms with Gasteiger partial charge in [0.05, 0.1) is 22.1 Å². The summed E-state index contributed by atoms with van der Waals surface area (Å²) in [5, 5.41) is 4.08. The van der Waals surface area contributed by atoms with Gasteiger partial charge in [0.2, 0.25) is 0 Å². The smallest absolute Gasteiger partial charge is 0.262 e. The van der Waals surface area contributed by atoms with Crippen molar-refractivity contribution in [2.75, 3.05) is 12.4 Å². The van der Waals surface area contributed by atoms with E-state index in [2.05, 4.69) is 15.1 Å². The summed E-state index contributed by atoms with van der Waals surface area (Å²) in [4.78, 5) is 23.8. The summed E-state index contributed by atoms with van der Waals surface area (Å²) in [6.07, 6.45) is 2.19. The van der Waals surface area contributed by atoms with Crippen molar-refractivity contribution in [3.63, 3.8) is 0 Å². The third kappa shape index (κ3) is 5.33. The van der Waals surface area contributed by atoms with Gasteiger partial charge in [-0.25, -0.2) is 13.4 Å². The van der Waals surface area contributed by atoms with Crippen LogP contribution in [0.3, 0.4) is 0 Å². The molecule has 3 aromatic rings. The van der Waals surface area contributed by atoms with Crippen molar-refractivity contribution >= 4 is 55.6 Å². The van der Waals surface area contributed by atoms with Crippen LogP contribution < -0.4 is 10.2 Å². The normalized spacial score (nSPS) is 11.4. The molecule has 2 N–H and O–H groups in total. The van der Waals surface area contributed by atoms with Crippen LogP contribution in [-0.2, 0) is 21.3 Å². The second-order valence-corrected chi connectivity index (χ2v) is 9.34. The lowest BCUT2D eigenvalue weighted by atomic mass is 10.1. The number of hydrogen-bond donors (Lipinski definition) is 2. The van der Waals surface area contributed by atoms with Crippen LogP contribution in [0.5, 0.6) is 0 Å². The Bertz CT molecular complexity index is 1130. The van der Waals surface area contributed by atoms with Crippen molar-refractivity contribution in [3.05, 3.63) is 74.7 Å². The van der Waals surface area contributed by atoms with Crippen molar-refractivity contribution in [3.8, 4) is 0 Å². The van der Waals surface area contributed by atoms with Gasteiger partial charge in [-0.1, -0.05) is 40.2 Å². The molecule has 0 aliphatic heterocycles. The number of benzene rings is 2. The molecule has 29 heavy (non-hydrogen) atoms. The highest BCUT2D eigenvalue weighted by Gasteiger charge is 2.15. The van der Waals surface area contributed by atoms with Gasteiger partial charge in [0, 0.05) is 23.1 Å². The van der Waals surface area contributed by atoms with E-state index in [1.54, 1.807) is 12.3 Å². The van der Waals surface area contributed by atoms with Gasteiger partial charge in [-0.2, -0.15) is 0 Å². The predicted octanol–water partition coefficient (Wildman–Crippen LogP) is 4.13. The highest BCUT2D eigenvalue weighted by atomic mass is 35.5. The molecule has 152 valence electrons. The highest BCUT2D eigenvalue weighted by Crippen LogP contribution is 2.29. The summed E-state index contributed by atoms with van der Waals surface area (Å²) in [7, 11) is -2.58. The Morgan fingerprint density at radius 3 is 2.59 bits per heavy atom. The number of nitrogens with zero attached hydrogens (tertiary/aromatic N) is 1. The molecule has 3 rings (SSSR count). The van der Waals surface area contributed by atoms with Gasteiger partial charge in [-0.15, -0.1) is 11.3 Å². The Morgan fingerprint density at radius 2 is 1.90 bits per heavy atom. The molecule has 1 aromatic heterocycles. The number of rotatable bonds is 7.